The largest absolute Gasteiger partial charge is 0.327 e. The van der Waals surface area contributed by atoms with Crippen LogP contribution in [0.25, 0.3) is 0 Å². The van der Waals surface area contributed by atoms with Crippen LogP contribution in [0.3, 0.4) is 0 Å². The van der Waals surface area contributed by atoms with E-state index in [1.54, 1.807) is 11.0 Å². The third-order valence-corrected chi connectivity index (χ3v) is 4.26. The number of rotatable bonds is 5. The van der Waals surface area contributed by atoms with E-state index in [9.17, 15) is 4.79 Å². The first-order chi connectivity index (χ1) is 10.7. The van der Waals surface area contributed by atoms with Gasteiger partial charge in [-0.3, -0.25) is 4.79 Å². The Hall–Kier alpha value is -1.63. The van der Waals surface area contributed by atoms with Gasteiger partial charge in [0.15, 0.2) is 0 Å². The lowest BCUT2D eigenvalue weighted by atomic mass is 10.00. The maximum Gasteiger partial charge on any atom is 0.224 e. The minimum atomic E-state index is 0. The fraction of sp³-hybridized carbons (Fsp3) is 0.438. The summed E-state index contributed by atoms with van der Waals surface area (Å²) in [6, 6.07) is 7.93. The highest BCUT2D eigenvalue weighted by Crippen LogP contribution is 2.27. The molecule has 8 heteroatoms. The molecular weight excluding hydrogens is 349 g/mol. The van der Waals surface area contributed by atoms with Crippen molar-refractivity contribution in [3.8, 4) is 0 Å². The lowest BCUT2D eigenvalue weighted by molar-refractivity contribution is -0.117. The van der Waals surface area contributed by atoms with Crippen LogP contribution in [0.2, 0.25) is 0 Å². The van der Waals surface area contributed by atoms with E-state index in [1.165, 1.54) is 6.33 Å². The molecule has 1 aromatic heterocycles. The Morgan fingerprint density at radius 3 is 2.75 bits per heavy atom. The van der Waals surface area contributed by atoms with Gasteiger partial charge >= 0.3 is 0 Å². The minimum Gasteiger partial charge on any atom is -0.327 e. The summed E-state index contributed by atoms with van der Waals surface area (Å²) in [4.78, 5) is 16.2. The van der Waals surface area contributed by atoms with Crippen molar-refractivity contribution in [2.24, 2.45) is 11.7 Å². The van der Waals surface area contributed by atoms with Crippen LogP contribution in [0.5, 0.6) is 0 Å². The number of hydrogen-bond donors (Lipinski definition) is 2. The van der Waals surface area contributed by atoms with Gasteiger partial charge in [-0.15, -0.1) is 24.8 Å². The topological polar surface area (TPSA) is 85.8 Å². The first kappa shape index (κ1) is 20.4. The molecule has 0 saturated heterocycles. The molecule has 0 radical (unpaired) electrons. The maximum absolute atomic E-state index is 12.3. The molecule has 1 aliphatic carbocycles. The number of para-hydroxylation sites is 1. The van der Waals surface area contributed by atoms with E-state index >= 15 is 0 Å². The van der Waals surface area contributed by atoms with Crippen molar-refractivity contribution in [2.45, 2.75) is 38.3 Å². The summed E-state index contributed by atoms with van der Waals surface area (Å²) >= 11 is 0. The van der Waals surface area contributed by atoms with Crippen molar-refractivity contribution >= 4 is 36.4 Å². The van der Waals surface area contributed by atoms with Gasteiger partial charge in [-0.1, -0.05) is 24.6 Å². The smallest absolute Gasteiger partial charge is 0.224 e. The highest BCUT2D eigenvalue weighted by atomic mass is 35.5. The number of carbonyl (C=O) groups excluding carboxylic acids is 1. The molecule has 0 bridgehead atoms. The molecule has 3 rings (SSSR count). The summed E-state index contributed by atoms with van der Waals surface area (Å²) < 4.78 is 1.73. The lowest BCUT2D eigenvalue weighted by Gasteiger charge is -2.16. The molecule has 0 spiro atoms. The van der Waals surface area contributed by atoms with Crippen molar-refractivity contribution in [3.63, 3.8) is 0 Å². The third kappa shape index (κ3) is 5.19. The van der Waals surface area contributed by atoms with Gasteiger partial charge in [0.1, 0.15) is 12.7 Å². The van der Waals surface area contributed by atoms with E-state index in [4.69, 9.17) is 5.73 Å². The second kappa shape index (κ2) is 9.61. The predicted molar refractivity (Wildman–Crippen MR) is 98.6 cm³/mol. The first-order valence-electron chi connectivity index (χ1n) is 7.68. The fourth-order valence-electron chi connectivity index (χ4n) is 3.03. The molecule has 1 heterocycles. The van der Waals surface area contributed by atoms with E-state index in [2.05, 4.69) is 15.4 Å². The van der Waals surface area contributed by atoms with Crippen molar-refractivity contribution in [1.82, 2.24) is 14.8 Å². The summed E-state index contributed by atoms with van der Waals surface area (Å²) in [5.74, 6) is 0.343. The molecule has 3 N–H and O–H groups in total. The standard InChI is InChI=1S/C16H21N5O.2ClH/c17-14-6-3-5-12(14)8-16(22)20-15-7-2-1-4-13(15)9-21-11-18-10-19-21;;/h1-2,4,7,10-12,14H,3,5-6,8-9,17H2,(H,20,22);2*1H/t12-,14+;;/m0../s1. The van der Waals surface area contributed by atoms with Crippen LogP contribution in [-0.4, -0.2) is 26.7 Å². The lowest BCUT2D eigenvalue weighted by Crippen LogP contribution is -2.28. The van der Waals surface area contributed by atoms with Gasteiger partial charge in [0.25, 0.3) is 0 Å². The van der Waals surface area contributed by atoms with E-state index < -0.39 is 0 Å². The zero-order valence-electron chi connectivity index (χ0n) is 13.3. The van der Waals surface area contributed by atoms with Gasteiger partial charge in [0, 0.05) is 18.2 Å². The summed E-state index contributed by atoms with van der Waals surface area (Å²) in [7, 11) is 0. The van der Waals surface area contributed by atoms with Gasteiger partial charge in [-0.2, -0.15) is 5.10 Å². The number of amides is 1. The minimum absolute atomic E-state index is 0. The normalized spacial score (nSPS) is 19.2. The van der Waals surface area contributed by atoms with E-state index in [-0.39, 0.29) is 36.8 Å². The predicted octanol–water partition coefficient (Wildman–Crippen LogP) is 2.63. The molecule has 0 aliphatic heterocycles. The van der Waals surface area contributed by atoms with Gasteiger partial charge in [-0.05, 0) is 30.4 Å². The van der Waals surface area contributed by atoms with Crippen molar-refractivity contribution in [1.29, 1.82) is 0 Å². The Labute approximate surface area is 154 Å². The molecular formula is C16H23Cl2N5O. The second-order valence-corrected chi connectivity index (χ2v) is 5.86. The monoisotopic (exact) mass is 371 g/mol. The maximum atomic E-state index is 12.3. The molecule has 0 unspecified atom stereocenters. The zero-order valence-corrected chi connectivity index (χ0v) is 14.9. The molecule has 1 saturated carbocycles. The molecule has 1 fully saturated rings. The van der Waals surface area contributed by atoms with Crippen molar-refractivity contribution in [2.75, 3.05) is 5.32 Å². The average molecular weight is 372 g/mol. The van der Waals surface area contributed by atoms with Crippen molar-refractivity contribution in [3.05, 3.63) is 42.5 Å². The molecule has 2 atom stereocenters. The van der Waals surface area contributed by atoms with Crippen LogP contribution in [0.15, 0.2) is 36.9 Å². The fourth-order valence-corrected chi connectivity index (χ4v) is 3.03. The van der Waals surface area contributed by atoms with Crippen LogP contribution < -0.4 is 11.1 Å². The summed E-state index contributed by atoms with van der Waals surface area (Å²) in [6.07, 6.45) is 6.87. The highest BCUT2D eigenvalue weighted by Gasteiger charge is 2.26. The third-order valence-electron chi connectivity index (χ3n) is 4.26. The van der Waals surface area contributed by atoms with E-state index in [1.807, 2.05) is 24.3 Å². The van der Waals surface area contributed by atoms with Crippen LogP contribution >= 0.6 is 24.8 Å². The van der Waals surface area contributed by atoms with E-state index in [0.29, 0.717) is 18.9 Å². The molecule has 24 heavy (non-hydrogen) atoms. The molecule has 1 aliphatic rings. The summed E-state index contributed by atoms with van der Waals surface area (Å²) in [5.41, 5.74) is 7.88. The van der Waals surface area contributed by atoms with Gasteiger partial charge in [0.05, 0.1) is 6.54 Å². The Morgan fingerprint density at radius 2 is 2.08 bits per heavy atom. The Bertz CT molecular complexity index is 635. The Morgan fingerprint density at radius 1 is 1.29 bits per heavy atom. The van der Waals surface area contributed by atoms with Crippen molar-refractivity contribution < 1.29 is 4.79 Å². The quantitative estimate of drug-likeness (QED) is 0.845. The van der Waals surface area contributed by atoms with Crippen LogP contribution in [-0.2, 0) is 11.3 Å². The van der Waals surface area contributed by atoms with E-state index in [0.717, 1.165) is 30.5 Å². The number of halogens is 2. The molecule has 6 nitrogen and oxygen atoms in total. The number of benzene rings is 1. The molecule has 1 aromatic carbocycles. The second-order valence-electron chi connectivity index (χ2n) is 5.86. The molecule has 1 amide bonds. The number of aromatic nitrogens is 3. The highest BCUT2D eigenvalue weighted by molar-refractivity contribution is 5.91. The SMILES string of the molecule is Cl.Cl.N[C@@H]1CCC[C@H]1CC(=O)Nc1ccccc1Cn1cncn1. The number of nitrogens with one attached hydrogen (secondary N) is 1. The molecule has 132 valence electrons. The first-order valence-corrected chi connectivity index (χ1v) is 7.68. The number of hydrogen-bond acceptors (Lipinski definition) is 4. The van der Waals surface area contributed by atoms with Gasteiger partial charge in [0.2, 0.25) is 5.91 Å². The number of nitrogens with zero attached hydrogens (tertiary/aromatic N) is 3. The van der Waals surface area contributed by atoms with Crippen LogP contribution in [0, 0.1) is 5.92 Å². The Kier molecular flexibility index (Phi) is 8.18. The zero-order chi connectivity index (χ0) is 15.4. The van der Waals surface area contributed by atoms with Crippen LogP contribution in [0.4, 0.5) is 5.69 Å². The number of anilines is 1. The Balaban J connectivity index is 0.00000144. The molecule has 2 aromatic rings. The number of nitrogens with two attached hydrogens (primary N) is 1. The van der Waals surface area contributed by atoms with Crippen LogP contribution in [0.1, 0.15) is 31.2 Å². The summed E-state index contributed by atoms with van der Waals surface area (Å²) in [6.45, 7) is 0.583. The van der Waals surface area contributed by atoms with Gasteiger partial charge < -0.3 is 11.1 Å². The average Bonchev–Trinajstić information content (AvgIpc) is 3.14. The summed E-state index contributed by atoms with van der Waals surface area (Å²) in [5, 5.41) is 7.12. The van der Waals surface area contributed by atoms with Gasteiger partial charge in [-0.25, -0.2) is 9.67 Å². The number of carbonyl (C=O) groups is 1.